The van der Waals surface area contributed by atoms with Gasteiger partial charge in [-0.2, -0.15) is 0 Å². The number of hydrogen-bond acceptors (Lipinski definition) is 1. The van der Waals surface area contributed by atoms with Crippen molar-refractivity contribution in [3.05, 3.63) is 24.0 Å². The van der Waals surface area contributed by atoms with Gasteiger partial charge in [0.2, 0.25) is 0 Å². The van der Waals surface area contributed by atoms with Crippen LogP contribution in [0.1, 0.15) is 0 Å². The summed E-state index contributed by atoms with van der Waals surface area (Å²) in [5.41, 5.74) is -0.759. The smallest absolute Gasteiger partial charge is 0.445 e. The molecular formula is C7H6BF4KS. The Morgan fingerprint density at radius 1 is 1.21 bits per heavy atom. The van der Waals surface area contributed by atoms with Crippen molar-refractivity contribution in [3.63, 3.8) is 0 Å². The van der Waals surface area contributed by atoms with Gasteiger partial charge in [0, 0.05) is 4.90 Å². The number of thioether (sulfide) groups is 1. The summed E-state index contributed by atoms with van der Waals surface area (Å²) in [7, 11) is 0. The molecule has 7 heteroatoms. The van der Waals surface area contributed by atoms with Crippen LogP contribution >= 0.6 is 11.8 Å². The van der Waals surface area contributed by atoms with Gasteiger partial charge in [0.05, 0.1) is 0 Å². The van der Waals surface area contributed by atoms with Crippen LogP contribution in [0.5, 0.6) is 0 Å². The van der Waals surface area contributed by atoms with E-state index >= 15 is 0 Å². The molecule has 0 N–H and O–H groups in total. The third-order valence-electron chi connectivity index (χ3n) is 1.55. The zero-order valence-electron chi connectivity index (χ0n) is 7.73. The van der Waals surface area contributed by atoms with Crippen LogP contribution in [0, 0.1) is 5.82 Å². The standard InChI is InChI=1S/C7H6BF4S.K/c1-13-7-4-5(8(10,11)12)2-3-6(7)9;/h2-4H,1H3;/q-1;+1. The molecule has 14 heavy (non-hydrogen) atoms. The van der Waals surface area contributed by atoms with Crippen LogP contribution in [0.4, 0.5) is 17.3 Å². The van der Waals surface area contributed by atoms with Crippen LogP contribution in [0.2, 0.25) is 0 Å². The average molecular weight is 248 g/mol. The van der Waals surface area contributed by atoms with E-state index < -0.39 is 18.3 Å². The van der Waals surface area contributed by atoms with Gasteiger partial charge in [-0.25, -0.2) is 4.39 Å². The zero-order chi connectivity index (χ0) is 10.1. The van der Waals surface area contributed by atoms with E-state index in [2.05, 4.69) is 0 Å². The Morgan fingerprint density at radius 3 is 2.21 bits per heavy atom. The van der Waals surface area contributed by atoms with Crippen LogP contribution in [-0.2, 0) is 0 Å². The Balaban J connectivity index is 0.00000169. The first-order chi connectivity index (χ1) is 5.95. The quantitative estimate of drug-likeness (QED) is 0.390. The van der Waals surface area contributed by atoms with E-state index in [0.717, 1.165) is 30.0 Å². The third-order valence-corrected chi connectivity index (χ3v) is 2.31. The molecule has 0 saturated carbocycles. The van der Waals surface area contributed by atoms with Crippen molar-refractivity contribution in [2.75, 3.05) is 6.26 Å². The second-order valence-electron chi connectivity index (χ2n) is 2.47. The minimum atomic E-state index is -5.03. The van der Waals surface area contributed by atoms with Gasteiger partial charge in [-0.3, -0.25) is 0 Å². The average Bonchev–Trinajstić information content (AvgIpc) is 2.03. The first-order valence-electron chi connectivity index (χ1n) is 3.48. The SMILES string of the molecule is CSc1cc([B-](F)(F)F)ccc1F.[K+]. The van der Waals surface area contributed by atoms with Gasteiger partial charge < -0.3 is 12.9 Å². The van der Waals surface area contributed by atoms with Gasteiger partial charge in [-0.15, -0.1) is 17.2 Å². The largest absolute Gasteiger partial charge is 1.00 e. The second-order valence-corrected chi connectivity index (χ2v) is 3.32. The Hall–Kier alpha value is 0.991. The van der Waals surface area contributed by atoms with Crippen LogP contribution < -0.4 is 56.8 Å². The van der Waals surface area contributed by atoms with Gasteiger partial charge in [0.15, 0.2) is 0 Å². The Bertz CT molecular complexity index is 315. The van der Waals surface area contributed by atoms with Crippen molar-refractivity contribution >= 4 is 24.2 Å². The molecule has 0 unspecified atom stereocenters. The van der Waals surface area contributed by atoms with Gasteiger partial charge >= 0.3 is 58.4 Å². The van der Waals surface area contributed by atoms with E-state index in [9.17, 15) is 17.3 Å². The summed E-state index contributed by atoms with van der Waals surface area (Å²) in [5, 5.41) is 0. The van der Waals surface area contributed by atoms with Crippen molar-refractivity contribution < 1.29 is 68.7 Å². The predicted molar refractivity (Wildman–Crippen MR) is 46.9 cm³/mol. The van der Waals surface area contributed by atoms with E-state index in [1.807, 2.05) is 0 Å². The monoisotopic (exact) mass is 248 g/mol. The molecular weight excluding hydrogens is 242 g/mol. The molecule has 0 bridgehead atoms. The van der Waals surface area contributed by atoms with Crippen LogP contribution in [0.3, 0.4) is 0 Å². The Kier molecular flexibility index (Phi) is 6.33. The fourth-order valence-corrected chi connectivity index (χ4v) is 1.40. The number of benzene rings is 1. The van der Waals surface area contributed by atoms with Gasteiger partial charge in [-0.1, -0.05) is 12.1 Å². The fourth-order valence-electron chi connectivity index (χ4n) is 0.880. The molecule has 0 aliphatic rings. The summed E-state index contributed by atoms with van der Waals surface area (Å²) in [5.74, 6) is -0.615. The van der Waals surface area contributed by atoms with E-state index in [1.54, 1.807) is 0 Å². The van der Waals surface area contributed by atoms with Crippen molar-refractivity contribution in [1.82, 2.24) is 0 Å². The Morgan fingerprint density at radius 2 is 1.79 bits per heavy atom. The summed E-state index contributed by atoms with van der Waals surface area (Å²) in [6.07, 6.45) is 1.53. The topological polar surface area (TPSA) is 0 Å². The fraction of sp³-hybridized carbons (Fsp3) is 0.143. The summed E-state index contributed by atoms with van der Waals surface area (Å²) in [6.45, 7) is -5.03. The van der Waals surface area contributed by atoms with E-state index in [1.165, 1.54) is 6.26 Å². The number of hydrogen-bond donors (Lipinski definition) is 0. The minimum absolute atomic E-state index is 0. The van der Waals surface area contributed by atoms with Gasteiger partial charge in [-0.05, 0) is 12.3 Å². The molecule has 0 aliphatic carbocycles. The molecule has 1 aromatic rings. The maximum absolute atomic E-state index is 12.8. The molecule has 0 aromatic heterocycles. The molecule has 0 heterocycles. The predicted octanol–water partition coefficient (Wildman–Crippen LogP) is -0.394. The van der Waals surface area contributed by atoms with Crippen LogP contribution in [0.15, 0.2) is 23.1 Å². The maximum atomic E-state index is 12.8. The number of rotatable bonds is 2. The maximum Gasteiger partial charge on any atom is 1.00 e. The molecule has 1 rings (SSSR count). The molecule has 0 aliphatic heterocycles. The van der Waals surface area contributed by atoms with Crippen LogP contribution in [-0.4, -0.2) is 13.2 Å². The molecule has 0 amide bonds. The second kappa shape index (κ2) is 5.91. The van der Waals surface area contributed by atoms with E-state index in [4.69, 9.17) is 0 Å². The van der Waals surface area contributed by atoms with Gasteiger partial charge in [0.25, 0.3) is 0 Å². The molecule has 0 nitrogen and oxygen atoms in total. The van der Waals surface area contributed by atoms with Crippen molar-refractivity contribution in [1.29, 1.82) is 0 Å². The number of halogens is 4. The molecule has 72 valence electrons. The molecule has 0 saturated heterocycles. The first kappa shape index (κ1) is 15.0. The first-order valence-corrected chi connectivity index (χ1v) is 4.71. The van der Waals surface area contributed by atoms with Crippen molar-refractivity contribution in [3.8, 4) is 0 Å². The van der Waals surface area contributed by atoms with E-state index in [0.29, 0.717) is 0 Å². The third kappa shape index (κ3) is 3.86. The minimum Gasteiger partial charge on any atom is -0.445 e. The summed E-state index contributed by atoms with van der Waals surface area (Å²) in [6, 6.07) is 2.44. The summed E-state index contributed by atoms with van der Waals surface area (Å²) >= 11 is 0.961. The Labute approximate surface area is 126 Å². The van der Waals surface area contributed by atoms with Crippen molar-refractivity contribution in [2.24, 2.45) is 0 Å². The summed E-state index contributed by atoms with van der Waals surface area (Å²) in [4.78, 5) is 0.0247. The molecule has 0 radical (unpaired) electrons. The summed E-state index contributed by atoms with van der Waals surface area (Å²) < 4.78 is 49.3. The molecule has 1 aromatic carbocycles. The van der Waals surface area contributed by atoms with Crippen molar-refractivity contribution in [2.45, 2.75) is 4.90 Å². The van der Waals surface area contributed by atoms with Gasteiger partial charge in [0.1, 0.15) is 5.82 Å². The van der Waals surface area contributed by atoms with E-state index in [-0.39, 0.29) is 56.3 Å². The molecule has 0 atom stereocenters. The molecule has 0 fully saturated rings. The van der Waals surface area contributed by atoms with Crippen LogP contribution in [0.25, 0.3) is 0 Å². The molecule has 0 spiro atoms. The normalized spacial score (nSPS) is 10.9. The zero-order valence-corrected chi connectivity index (χ0v) is 11.7.